The van der Waals surface area contributed by atoms with E-state index in [0.29, 0.717) is 16.7 Å². The van der Waals surface area contributed by atoms with E-state index in [1.54, 1.807) is 17.1 Å². The van der Waals surface area contributed by atoms with Crippen molar-refractivity contribution >= 4 is 34.7 Å². The van der Waals surface area contributed by atoms with Gasteiger partial charge in [-0.05, 0) is 36.8 Å². The summed E-state index contributed by atoms with van der Waals surface area (Å²) in [5.41, 5.74) is 5.59. The minimum atomic E-state index is 0.611. The maximum atomic E-state index is 5.89. The number of benzene rings is 2. The highest BCUT2D eigenvalue weighted by molar-refractivity contribution is 6.30. The van der Waals surface area contributed by atoms with Crippen molar-refractivity contribution < 1.29 is 0 Å². The molecule has 0 unspecified atom stereocenters. The lowest BCUT2D eigenvalue weighted by Crippen LogP contribution is -2.01. The van der Waals surface area contributed by atoms with Crippen LogP contribution in [0, 0.1) is 6.92 Å². The summed E-state index contributed by atoms with van der Waals surface area (Å²) >= 11 is 5.89. The molecular formula is C19H15ClN6. The molecule has 4 rings (SSSR count). The molecule has 1 N–H and O–H groups in total. The van der Waals surface area contributed by atoms with Crippen LogP contribution in [0.3, 0.4) is 0 Å². The van der Waals surface area contributed by atoms with Crippen LogP contribution < -0.4 is 5.43 Å². The summed E-state index contributed by atoms with van der Waals surface area (Å²) in [4.78, 5) is 8.97. The van der Waals surface area contributed by atoms with Crippen molar-refractivity contribution in [2.45, 2.75) is 6.92 Å². The Morgan fingerprint density at radius 1 is 1.04 bits per heavy atom. The average Bonchev–Trinajstić information content (AvgIpc) is 3.08. The summed E-state index contributed by atoms with van der Waals surface area (Å²) in [5, 5.41) is 10.2. The molecule has 0 saturated heterocycles. The highest BCUT2D eigenvalue weighted by Crippen LogP contribution is 2.22. The molecule has 0 amide bonds. The van der Waals surface area contributed by atoms with E-state index in [1.165, 1.54) is 0 Å². The van der Waals surface area contributed by atoms with Gasteiger partial charge < -0.3 is 0 Å². The summed E-state index contributed by atoms with van der Waals surface area (Å²) in [6.45, 7) is 1.84. The van der Waals surface area contributed by atoms with Crippen LogP contribution in [0.25, 0.3) is 16.7 Å². The van der Waals surface area contributed by atoms with Gasteiger partial charge in [-0.25, -0.2) is 14.6 Å². The second-order valence-electron chi connectivity index (χ2n) is 5.67. The minimum absolute atomic E-state index is 0.611. The smallest absolute Gasteiger partial charge is 0.168 e. The summed E-state index contributed by atoms with van der Waals surface area (Å²) in [6, 6.07) is 17.3. The predicted octanol–water partition coefficient (Wildman–Crippen LogP) is 4.22. The number of rotatable bonds is 4. The van der Waals surface area contributed by atoms with Gasteiger partial charge in [0.1, 0.15) is 5.82 Å². The Kier molecular flexibility index (Phi) is 4.33. The molecule has 26 heavy (non-hydrogen) atoms. The highest BCUT2D eigenvalue weighted by Gasteiger charge is 2.12. The number of aromatic nitrogens is 4. The molecule has 0 atom stereocenters. The molecule has 0 radical (unpaired) electrons. The molecule has 0 aliphatic rings. The lowest BCUT2D eigenvalue weighted by molar-refractivity contribution is 0.889. The third kappa shape index (κ3) is 3.27. The normalized spacial score (nSPS) is 11.3. The van der Waals surface area contributed by atoms with Crippen LogP contribution in [0.2, 0.25) is 5.02 Å². The first-order valence-corrected chi connectivity index (χ1v) is 8.41. The van der Waals surface area contributed by atoms with Gasteiger partial charge in [0, 0.05) is 5.02 Å². The van der Waals surface area contributed by atoms with Gasteiger partial charge in [-0.3, -0.25) is 5.43 Å². The van der Waals surface area contributed by atoms with Crippen LogP contribution in [-0.4, -0.2) is 26.0 Å². The molecule has 7 heteroatoms. The number of aryl methyl sites for hydroxylation is 1. The van der Waals surface area contributed by atoms with Crippen molar-refractivity contribution in [3.8, 4) is 5.69 Å². The predicted molar refractivity (Wildman–Crippen MR) is 104 cm³/mol. The Morgan fingerprint density at radius 3 is 2.58 bits per heavy atom. The van der Waals surface area contributed by atoms with Crippen LogP contribution in [0.4, 0.5) is 5.82 Å². The lowest BCUT2D eigenvalue weighted by Gasteiger charge is -2.05. The molecule has 0 aliphatic heterocycles. The van der Waals surface area contributed by atoms with Crippen LogP contribution in [-0.2, 0) is 0 Å². The Bertz CT molecular complexity index is 1070. The second kappa shape index (κ2) is 6.93. The minimum Gasteiger partial charge on any atom is -0.261 e. The molecule has 2 heterocycles. The van der Waals surface area contributed by atoms with E-state index in [4.69, 9.17) is 11.6 Å². The number of fused-ring (bicyclic) bond motifs is 1. The number of anilines is 1. The van der Waals surface area contributed by atoms with Crippen LogP contribution in [0.15, 0.2) is 65.9 Å². The summed E-state index contributed by atoms with van der Waals surface area (Å²) in [6.07, 6.45) is 3.45. The zero-order chi connectivity index (χ0) is 17.9. The molecule has 6 nitrogen and oxygen atoms in total. The van der Waals surface area contributed by atoms with Gasteiger partial charge in [0.05, 0.1) is 23.5 Å². The van der Waals surface area contributed by atoms with Crippen molar-refractivity contribution in [2.24, 2.45) is 5.10 Å². The van der Waals surface area contributed by atoms with Crippen molar-refractivity contribution in [1.82, 2.24) is 19.7 Å². The molecule has 2 aromatic heterocycles. The maximum Gasteiger partial charge on any atom is 0.168 e. The fourth-order valence-electron chi connectivity index (χ4n) is 2.58. The number of para-hydroxylation sites is 1. The number of halogens is 1. The topological polar surface area (TPSA) is 68.0 Å². The van der Waals surface area contributed by atoms with Gasteiger partial charge in [-0.1, -0.05) is 41.9 Å². The number of nitrogens with zero attached hydrogens (tertiary/aromatic N) is 5. The SMILES string of the molecule is Cc1nc(NN=Cc2ccc(Cl)cc2)c2cnn(-c3ccccc3)c2n1. The largest absolute Gasteiger partial charge is 0.261 e. The molecule has 0 spiro atoms. The Labute approximate surface area is 155 Å². The van der Waals surface area contributed by atoms with Crippen LogP contribution >= 0.6 is 11.6 Å². The molecule has 128 valence electrons. The van der Waals surface area contributed by atoms with E-state index in [2.05, 4.69) is 25.6 Å². The van der Waals surface area contributed by atoms with E-state index in [0.717, 1.165) is 22.3 Å². The monoisotopic (exact) mass is 362 g/mol. The molecule has 2 aromatic carbocycles. The summed E-state index contributed by atoms with van der Waals surface area (Å²) < 4.78 is 1.79. The number of hydrazone groups is 1. The molecule has 0 aliphatic carbocycles. The third-order valence-electron chi connectivity index (χ3n) is 3.80. The molecule has 4 aromatic rings. The van der Waals surface area contributed by atoms with Gasteiger partial charge in [-0.15, -0.1) is 0 Å². The van der Waals surface area contributed by atoms with Crippen molar-refractivity contribution in [2.75, 3.05) is 5.43 Å². The highest BCUT2D eigenvalue weighted by atomic mass is 35.5. The van der Waals surface area contributed by atoms with Crippen molar-refractivity contribution in [3.63, 3.8) is 0 Å². The van der Waals surface area contributed by atoms with Crippen LogP contribution in [0.1, 0.15) is 11.4 Å². The van der Waals surface area contributed by atoms with E-state index < -0.39 is 0 Å². The summed E-state index contributed by atoms with van der Waals surface area (Å²) in [5.74, 6) is 1.25. The fraction of sp³-hybridized carbons (Fsp3) is 0.0526. The van der Waals surface area contributed by atoms with E-state index in [9.17, 15) is 0 Å². The molecule has 0 bridgehead atoms. The first-order chi connectivity index (χ1) is 12.7. The Morgan fingerprint density at radius 2 is 1.81 bits per heavy atom. The van der Waals surface area contributed by atoms with E-state index in [-0.39, 0.29) is 0 Å². The van der Waals surface area contributed by atoms with Crippen molar-refractivity contribution in [3.05, 3.63) is 77.2 Å². The quantitative estimate of drug-likeness (QED) is 0.436. The zero-order valence-corrected chi connectivity index (χ0v) is 14.7. The Hall–Kier alpha value is -3.25. The van der Waals surface area contributed by atoms with E-state index >= 15 is 0 Å². The lowest BCUT2D eigenvalue weighted by atomic mass is 10.2. The van der Waals surface area contributed by atoms with Gasteiger partial charge >= 0.3 is 0 Å². The standard InChI is InChI=1S/C19H15ClN6/c1-13-23-18(25-21-11-14-7-9-15(20)10-8-14)17-12-22-26(19(17)24-13)16-5-3-2-4-6-16/h2-12H,1H3,(H,23,24,25). The second-order valence-corrected chi connectivity index (χ2v) is 6.11. The summed E-state index contributed by atoms with van der Waals surface area (Å²) in [7, 11) is 0. The molecule has 0 saturated carbocycles. The molecular weight excluding hydrogens is 348 g/mol. The first kappa shape index (κ1) is 16.2. The zero-order valence-electron chi connectivity index (χ0n) is 14.0. The number of hydrogen-bond donors (Lipinski definition) is 1. The first-order valence-electron chi connectivity index (χ1n) is 8.03. The van der Waals surface area contributed by atoms with Gasteiger partial charge in [0.15, 0.2) is 11.5 Å². The number of nitrogens with one attached hydrogen (secondary N) is 1. The van der Waals surface area contributed by atoms with E-state index in [1.807, 2.05) is 61.5 Å². The fourth-order valence-corrected chi connectivity index (χ4v) is 2.70. The Balaban J connectivity index is 1.67. The number of hydrogen-bond acceptors (Lipinski definition) is 5. The van der Waals surface area contributed by atoms with Crippen LogP contribution in [0.5, 0.6) is 0 Å². The van der Waals surface area contributed by atoms with Gasteiger partial charge in [-0.2, -0.15) is 10.2 Å². The van der Waals surface area contributed by atoms with Gasteiger partial charge in [0.25, 0.3) is 0 Å². The van der Waals surface area contributed by atoms with Gasteiger partial charge in [0.2, 0.25) is 0 Å². The molecule has 0 fully saturated rings. The average molecular weight is 363 g/mol. The third-order valence-corrected chi connectivity index (χ3v) is 4.05. The maximum absolute atomic E-state index is 5.89. The van der Waals surface area contributed by atoms with Crippen molar-refractivity contribution in [1.29, 1.82) is 0 Å².